The van der Waals surface area contributed by atoms with Gasteiger partial charge >= 0.3 is 18.3 Å². The van der Waals surface area contributed by atoms with Gasteiger partial charge in [0.05, 0.1) is 29.8 Å². The molecule has 55 heavy (non-hydrogen) atoms. The first-order valence-corrected chi connectivity index (χ1v) is 18.2. The summed E-state index contributed by atoms with van der Waals surface area (Å²) < 4.78 is 102. The van der Waals surface area contributed by atoms with Crippen molar-refractivity contribution in [2.75, 3.05) is 19.8 Å². The Morgan fingerprint density at radius 1 is 0.673 bits per heavy atom. The minimum Gasteiger partial charge on any atom is -0.486 e. The van der Waals surface area contributed by atoms with Gasteiger partial charge in [-0.15, -0.1) is 0 Å². The molecule has 0 bridgehead atoms. The highest BCUT2D eigenvalue weighted by Gasteiger charge is 2.39. The summed E-state index contributed by atoms with van der Waals surface area (Å²) in [5.41, 5.74) is 2.30. The average Bonchev–Trinajstić information content (AvgIpc) is 3.75. The topological polar surface area (TPSA) is 94.5 Å². The Labute approximate surface area is 315 Å². The summed E-state index contributed by atoms with van der Waals surface area (Å²) in [5, 5.41) is 18.2. The van der Waals surface area contributed by atoms with E-state index in [4.69, 9.17) is 29.2 Å². The Hall–Kier alpha value is -4.59. The number of aliphatic carboxylic acids is 1. The van der Waals surface area contributed by atoms with Gasteiger partial charge in [-0.3, -0.25) is 4.79 Å². The van der Waals surface area contributed by atoms with Gasteiger partial charge in [0.1, 0.15) is 23.7 Å². The van der Waals surface area contributed by atoms with Gasteiger partial charge in [0.25, 0.3) is 0 Å². The van der Waals surface area contributed by atoms with Crippen molar-refractivity contribution in [1.82, 2.24) is 0 Å². The Kier molecular flexibility index (Phi) is 13.9. The van der Waals surface area contributed by atoms with E-state index in [1.807, 2.05) is 19.1 Å². The third kappa shape index (κ3) is 10.6. The maximum absolute atomic E-state index is 13.2. The van der Waals surface area contributed by atoms with Crippen LogP contribution in [-0.4, -0.2) is 36.0 Å². The molecule has 0 heterocycles. The average molecular weight is 775 g/mol. The van der Waals surface area contributed by atoms with E-state index in [0.717, 1.165) is 17.7 Å². The van der Waals surface area contributed by atoms with E-state index in [9.17, 15) is 31.1 Å². The summed E-state index contributed by atoms with van der Waals surface area (Å²) in [6.07, 6.45) is -8.25. The molecule has 13 heteroatoms. The number of halogens is 6. The first kappa shape index (κ1) is 41.6. The number of carboxylic acid groups (broad SMARTS) is 1. The molecule has 4 aromatic rings. The number of rotatable bonds is 14. The molecule has 7 nitrogen and oxygen atoms in total. The van der Waals surface area contributed by atoms with Crippen LogP contribution in [0.2, 0.25) is 0 Å². The maximum Gasteiger partial charge on any atom is 0.416 e. The van der Waals surface area contributed by atoms with E-state index < -0.39 is 41.7 Å². The molecule has 0 saturated heterocycles. The second-order valence-corrected chi connectivity index (χ2v) is 13.2. The van der Waals surface area contributed by atoms with Crippen LogP contribution >= 0.6 is 0 Å². The lowest BCUT2D eigenvalue weighted by molar-refractivity contribution is -0.140. The first-order chi connectivity index (χ1) is 26.2. The van der Waals surface area contributed by atoms with Gasteiger partial charge in [-0.1, -0.05) is 48.5 Å². The molecular formula is C42H44F6O7. The molecule has 0 saturated carbocycles. The zero-order valence-electron chi connectivity index (χ0n) is 30.5. The Bertz CT molecular complexity index is 1850. The molecule has 0 amide bonds. The van der Waals surface area contributed by atoms with Crippen LogP contribution in [0.15, 0.2) is 84.9 Å². The maximum atomic E-state index is 13.2. The molecule has 6 rings (SSSR count). The van der Waals surface area contributed by atoms with Gasteiger partial charge in [-0.05, 0) is 109 Å². The molecule has 2 aliphatic rings. The van der Waals surface area contributed by atoms with Crippen LogP contribution in [0.5, 0.6) is 11.5 Å². The van der Waals surface area contributed by atoms with Crippen molar-refractivity contribution in [1.29, 1.82) is 0 Å². The van der Waals surface area contributed by atoms with Gasteiger partial charge < -0.3 is 29.2 Å². The highest BCUT2D eigenvalue weighted by Crippen LogP contribution is 2.44. The molecule has 0 unspecified atom stereocenters. The minimum atomic E-state index is -4.37. The SMILES string of the molecule is CCO[C@@H](CC(=O)O)c1ccc(O[C@@H]2CCc3c2cccc3C(F)(F)F)cc1.CCO[C@@H](CCO)c1ccc(O[C@@H]2CCc3c2cccc3C(F)(F)F)cc1. The second-order valence-electron chi connectivity index (χ2n) is 13.2. The third-order valence-electron chi connectivity index (χ3n) is 9.59. The number of carboxylic acids is 1. The Morgan fingerprint density at radius 3 is 1.47 bits per heavy atom. The summed E-state index contributed by atoms with van der Waals surface area (Å²) in [4.78, 5) is 11.0. The van der Waals surface area contributed by atoms with E-state index >= 15 is 0 Å². The van der Waals surface area contributed by atoms with Crippen molar-refractivity contribution in [2.24, 2.45) is 0 Å². The molecule has 0 radical (unpaired) electrons. The summed E-state index contributed by atoms with van der Waals surface area (Å²) in [6.45, 7) is 4.65. The van der Waals surface area contributed by atoms with Gasteiger partial charge in [0, 0.05) is 26.2 Å². The van der Waals surface area contributed by atoms with Gasteiger partial charge in [0.2, 0.25) is 0 Å². The Morgan fingerprint density at radius 2 is 1.09 bits per heavy atom. The predicted molar refractivity (Wildman–Crippen MR) is 192 cm³/mol. The number of aliphatic hydroxyl groups is 1. The lowest BCUT2D eigenvalue weighted by Gasteiger charge is -2.19. The number of hydrogen-bond donors (Lipinski definition) is 2. The van der Waals surface area contributed by atoms with Gasteiger partial charge in [0.15, 0.2) is 0 Å². The summed E-state index contributed by atoms with van der Waals surface area (Å²) in [7, 11) is 0. The van der Waals surface area contributed by atoms with Crippen molar-refractivity contribution >= 4 is 5.97 Å². The molecule has 0 aromatic heterocycles. The summed E-state index contributed by atoms with van der Waals surface area (Å²) in [6, 6.07) is 22.6. The fourth-order valence-electron chi connectivity index (χ4n) is 7.16. The molecule has 4 aromatic carbocycles. The van der Waals surface area contributed by atoms with Crippen molar-refractivity contribution in [3.63, 3.8) is 0 Å². The molecule has 0 spiro atoms. The van der Waals surface area contributed by atoms with E-state index in [1.54, 1.807) is 55.5 Å². The molecule has 0 aliphatic heterocycles. The quantitative estimate of drug-likeness (QED) is 0.123. The van der Waals surface area contributed by atoms with Crippen molar-refractivity contribution in [2.45, 2.75) is 89.1 Å². The van der Waals surface area contributed by atoms with Crippen molar-refractivity contribution in [3.05, 3.63) is 129 Å². The van der Waals surface area contributed by atoms with Crippen LogP contribution < -0.4 is 9.47 Å². The summed E-state index contributed by atoms with van der Waals surface area (Å²) in [5.74, 6) is 0.166. The largest absolute Gasteiger partial charge is 0.486 e. The minimum absolute atomic E-state index is 0.0311. The van der Waals surface area contributed by atoms with Crippen LogP contribution in [0.4, 0.5) is 26.3 Å². The zero-order chi connectivity index (χ0) is 39.8. The highest BCUT2D eigenvalue weighted by atomic mass is 19.4. The number of alkyl halides is 6. The van der Waals surface area contributed by atoms with Gasteiger partial charge in [-0.25, -0.2) is 0 Å². The molecule has 4 atom stereocenters. The lowest BCUT2D eigenvalue weighted by Crippen LogP contribution is -2.10. The van der Waals surface area contributed by atoms with Crippen LogP contribution in [-0.2, 0) is 39.5 Å². The third-order valence-corrected chi connectivity index (χ3v) is 9.59. The lowest BCUT2D eigenvalue weighted by atomic mass is 10.0. The number of fused-ring (bicyclic) bond motifs is 2. The fraction of sp³-hybridized carbons (Fsp3) is 0.405. The first-order valence-electron chi connectivity index (χ1n) is 18.2. The number of benzene rings is 4. The molecule has 2 aliphatic carbocycles. The molecular weight excluding hydrogens is 730 g/mol. The second kappa shape index (κ2) is 18.4. The highest BCUT2D eigenvalue weighted by molar-refractivity contribution is 5.67. The number of ether oxygens (including phenoxy) is 4. The van der Waals surface area contributed by atoms with Gasteiger partial charge in [-0.2, -0.15) is 26.3 Å². The number of carbonyl (C=O) groups is 1. The van der Waals surface area contributed by atoms with Crippen molar-refractivity contribution < 1.29 is 60.3 Å². The van der Waals surface area contributed by atoms with E-state index in [2.05, 4.69) is 0 Å². The summed E-state index contributed by atoms with van der Waals surface area (Å²) >= 11 is 0. The predicted octanol–water partition coefficient (Wildman–Crippen LogP) is 10.6. The van der Waals surface area contributed by atoms with Crippen LogP contribution in [0.25, 0.3) is 0 Å². The standard InChI is InChI=1S/C21H21F3O4.C21H23F3O3/c1-2-27-19(12-20(25)26)13-6-8-14(9-7-13)28-18-11-10-15-16(18)4-3-5-17(15)21(22,23)24;1-2-26-19(12-13-25)14-6-8-15(9-7-14)27-20-11-10-16-17(20)4-3-5-18(16)21(22,23)24/h3-9,18-19H,2,10-12H2,1H3,(H,25,26);3-9,19-20,25H,2,10-13H2,1H3/t18-,19+;19-,20+/m10/s1. The normalized spacial score (nSPS) is 17.4. The zero-order valence-corrected chi connectivity index (χ0v) is 30.5. The number of aliphatic hydroxyl groups excluding tert-OH is 1. The fourth-order valence-corrected chi connectivity index (χ4v) is 7.16. The molecule has 296 valence electrons. The van der Waals surface area contributed by atoms with E-state index in [-0.39, 0.29) is 25.2 Å². The number of hydrogen-bond acceptors (Lipinski definition) is 6. The Balaban J connectivity index is 0.000000211. The van der Waals surface area contributed by atoms with E-state index in [1.165, 1.54) is 12.1 Å². The van der Waals surface area contributed by atoms with Crippen LogP contribution in [0, 0.1) is 0 Å². The molecule has 0 fully saturated rings. The smallest absolute Gasteiger partial charge is 0.416 e. The monoisotopic (exact) mass is 774 g/mol. The van der Waals surface area contributed by atoms with Crippen LogP contribution in [0.1, 0.15) is 108 Å². The van der Waals surface area contributed by atoms with Crippen molar-refractivity contribution in [3.8, 4) is 11.5 Å². The molecule has 2 N–H and O–H groups in total. The van der Waals surface area contributed by atoms with E-state index in [0.29, 0.717) is 84.6 Å². The van der Waals surface area contributed by atoms with Crippen LogP contribution in [0.3, 0.4) is 0 Å².